The minimum absolute atomic E-state index is 0.0656. The molecule has 1 amide bonds. The summed E-state index contributed by atoms with van der Waals surface area (Å²) in [5.41, 5.74) is 2.46. The van der Waals surface area contributed by atoms with Crippen molar-refractivity contribution in [2.45, 2.75) is 32.2 Å². The van der Waals surface area contributed by atoms with Crippen molar-refractivity contribution in [3.63, 3.8) is 0 Å². The van der Waals surface area contributed by atoms with Crippen LogP contribution >= 0.6 is 11.6 Å². The largest absolute Gasteiger partial charge is 0.339 e. The van der Waals surface area contributed by atoms with Gasteiger partial charge in [-0.3, -0.25) is 4.79 Å². The molecule has 1 N–H and O–H groups in total. The Bertz CT molecular complexity index is 837. The summed E-state index contributed by atoms with van der Waals surface area (Å²) in [6.07, 6.45) is 4.80. The lowest BCUT2D eigenvalue weighted by Crippen LogP contribution is -2.41. The second-order valence-corrected chi connectivity index (χ2v) is 6.94. The first kappa shape index (κ1) is 16.1. The third kappa shape index (κ3) is 2.91. The Hall–Kier alpha value is -2.34. The van der Waals surface area contributed by atoms with Crippen LogP contribution in [0.15, 0.2) is 41.9 Å². The Morgan fingerprint density at radius 1 is 1.28 bits per heavy atom. The number of carbonyl (C=O) groups excluding carboxylic acids is 1. The lowest BCUT2D eigenvalue weighted by Gasteiger charge is -2.34. The fraction of sp³-hybridized carbons (Fsp3) is 0.389. The van der Waals surface area contributed by atoms with Crippen molar-refractivity contribution in [2.24, 2.45) is 0 Å². The number of aromatic nitrogens is 3. The molecule has 2 aromatic rings. The van der Waals surface area contributed by atoms with Crippen LogP contribution in [0.3, 0.4) is 0 Å². The van der Waals surface area contributed by atoms with Gasteiger partial charge in [-0.2, -0.15) is 10.1 Å². The molecule has 0 saturated carbocycles. The molecule has 0 spiro atoms. The van der Waals surface area contributed by atoms with Gasteiger partial charge in [0.15, 0.2) is 0 Å². The van der Waals surface area contributed by atoms with Gasteiger partial charge in [0, 0.05) is 23.8 Å². The normalized spacial score (nSPS) is 20.2. The summed E-state index contributed by atoms with van der Waals surface area (Å²) in [5, 5.41) is 8.20. The third-order valence-electron chi connectivity index (χ3n) is 4.83. The zero-order valence-electron chi connectivity index (χ0n) is 14.1. The number of likely N-dealkylation sites (tertiary alicyclic amines) is 1. The highest BCUT2D eigenvalue weighted by atomic mass is 35.5. The smallest absolute Gasteiger partial charge is 0.254 e. The van der Waals surface area contributed by atoms with Crippen molar-refractivity contribution in [2.75, 3.05) is 18.4 Å². The van der Waals surface area contributed by atoms with Crippen molar-refractivity contribution < 1.29 is 4.79 Å². The van der Waals surface area contributed by atoms with Crippen LogP contribution in [-0.4, -0.2) is 38.7 Å². The van der Waals surface area contributed by atoms with Gasteiger partial charge in [0.1, 0.15) is 12.4 Å². The average molecular weight is 358 g/mol. The SMILES string of the molecule is CC1=C(C(=O)N2CCCCC2)C(c2cccc(Cl)c2)n2ncnc2N1. The van der Waals surface area contributed by atoms with E-state index in [0.717, 1.165) is 37.2 Å². The van der Waals surface area contributed by atoms with Crippen LogP contribution in [0.25, 0.3) is 0 Å². The molecular weight excluding hydrogens is 338 g/mol. The van der Waals surface area contributed by atoms with Crippen LogP contribution in [0.2, 0.25) is 5.02 Å². The molecule has 0 radical (unpaired) electrons. The number of fused-ring (bicyclic) bond motifs is 1. The van der Waals surface area contributed by atoms with Crippen molar-refractivity contribution in [1.29, 1.82) is 0 Å². The molecule has 2 aliphatic heterocycles. The van der Waals surface area contributed by atoms with E-state index >= 15 is 0 Å². The molecule has 1 aromatic heterocycles. The molecule has 7 heteroatoms. The number of hydrogen-bond acceptors (Lipinski definition) is 4. The molecule has 6 nitrogen and oxygen atoms in total. The molecule has 1 saturated heterocycles. The van der Waals surface area contributed by atoms with Crippen molar-refractivity contribution in [3.05, 3.63) is 52.4 Å². The highest BCUT2D eigenvalue weighted by Crippen LogP contribution is 2.36. The molecule has 0 aliphatic carbocycles. The van der Waals surface area contributed by atoms with Gasteiger partial charge < -0.3 is 10.2 Å². The average Bonchev–Trinajstić information content (AvgIpc) is 3.08. The number of rotatable bonds is 2. The van der Waals surface area contributed by atoms with E-state index in [2.05, 4.69) is 15.4 Å². The summed E-state index contributed by atoms with van der Waals surface area (Å²) in [4.78, 5) is 19.5. The number of benzene rings is 1. The van der Waals surface area contributed by atoms with Crippen LogP contribution in [0, 0.1) is 0 Å². The molecule has 1 fully saturated rings. The Morgan fingerprint density at radius 3 is 2.84 bits per heavy atom. The van der Waals surface area contributed by atoms with Crippen LogP contribution in [0.1, 0.15) is 37.8 Å². The number of allylic oxidation sites excluding steroid dienone is 1. The van der Waals surface area contributed by atoms with Gasteiger partial charge in [-0.25, -0.2) is 4.68 Å². The van der Waals surface area contributed by atoms with Crippen LogP contribution in [-0.2, 0) is 4.79 Å². The summed E-state index contributed by atoms with van der Waals surface area (Å²) in [6, 6.07) is 7.27. The standard InChI is InChI=1S/C18H20ClN5O/c1-12-15(17(25)23-8-3-2-4-9-23)16(13-6-5-7-14(19)10-13)24-18(22-12)20-11-21-24/h5-7,10-11,16H,2-4,8-9H2,1H3,(H,20,21,22). The summed E-state index contributed by atoms with van der Waals surface area (Å²) in [7, 11) is 0. The van der Waals surface area contributed by atoms with E-state index in [1.165, 1.54) is 12.7 Å². The summed E-state index contributed by atoms with van der Waals surface area (Å²) >= 11 is 6.21. The molecule has 1 unspecified atom stereocenters. The van der Waals surface area contributed by atoms with E-state index in [9.17, 15) is 4.79 Å². The Labute approximate surface area is 151 Å². The molecule has 1 atom stereocenters. The molecular formula is C18H20ClN5O. The Kier molecular flexibility index (Phi) is 4.21. The number of nitrogens with one attached hydrogen (secondary N) is 1. The first-order valence-electron chi connectivity index (χ1n) is 8.57. The van der Waals surface area contributed by atoms with Crippen molar-refractivity contribution in [1.82, 2.24) is 19.7 Å². The first-order chi connectivity index (χ1) is 12.1. The van der Waals surface area contributed by atoms with E-state index in [1.54, 1.807) is 4.68 Å². The van der Waals surface area contributed by atoms with Crippen LogP contribution in [0.4, 0.5) is 5.95 Å². The van der Waals surface area contributed by atoms with Crippen LogP contribution in [0.5, 0.6) is 0 Å². The number of hydrogen-bond donors (Lipinski definition) is 1. The Balaban J connectivity index is 1.80. The molecule has 0 bridgehead atoms. The van der Waals surface area contributed by atoms with E-state index < -0.39 is 0 Å². The van der Waals surface area contributed by atoms with Crippen molar-refractivity contribution >= 4 is 23.5 Å². The maximum Gasteiger partial charge on any atom is 0.254 e. The minimum atomic E-state index is -0.327. The molecule has 2 aliphatic rings. The van der Waals surface area contributed by atoms with Gasteiger partial charge in [-0.1, -0.05) is 23.7 Å². The van der Waals surface area contributed by atoms with E-state index in [-0.39, 0.29) is 11.9 Å². The summed E-state index contributed by atoms with van der Waals surface area (Å²) < 4.78 is 1.76. The van der Waals surface area contributed by atoms with Crippen molar-refractivity contribution in [3.8, 4) is 0 Å². The predicted octanol–water partition coefficient (Wildman–Crippen LogP) is 3.23. The maximum atomic E-state index is 13.3. The number of anilines is 1. The van der Waals surface area contributed by atoms with Gasteiger partial charge in [-0.15, -0.1) is 0 Å². The third-order valence-corrected chi connectivity index (χ3v) is 5.07. The molecule has 130 valence electrons. The number of amides is 1. The number of nitrogens with zero attached hydrogens (tertiary/aromatic N) is 4. The topological polar surface area (TPSA) is 63.1 Å². The molecule has 4 rings (SSSR count). The fourth-order valence-corrected chi connectivity index (χ4v) is 3.82. The first-order valence-corrected chi connectivity index (χ1v) is 8.95. The van der Waals surface area contributed by atoms with Gasteiger partial charge in [0.25, 0.3) is 5.91 Å². The number of piperidine rings is 1. The second-order valence-electron chi connectivity index (χ2n) is 6.50. The van der Waals surface area contributed by atoms with E-state index in [4.69, 9.17) is 11.6 Å². The van der Waals surface area contributed by atoms with Gasteiger partial charge in [0.2, 0.25) is 5.95 Å². The predicted molar refractivity (Wildman–Crippen MR) is 96.4 cm³/mol. The number of halogens is 1. The highest BCUT2D eigenvalue weighted by Gasteiger charge is 2.35. The highest BCUT2D eigenvalue weighted by molar-refractivity contribution is 6.30. The second kappa shape index (κ2) is 6.52. The lowest BCUT2D eigenvalue weighted by atomic mass is 9.94. The minimum Gasteiger partial charge on any atom is -0.339 e. The van der Waals surface area contributed by atoms with E-state index in [1.807, 2.05) is 36.1 Å². The van der Waals surface area contributed by atoms with Crippen LogP contribution < -0.4 is 5.32 Å². The quantitative estimate of drug-likeness (QED) is 0.896. The zero-order chi connectivity index (χ0) is 17.4. The lowest BCUT2D eigenvalue weighted by molar-refractivity contribution is -0.128. The zero-order valence-corrected chi connectivity index (χ0v) is 14.8. The fourth-order valence-electron chi connectivity index (χ4n) is 3.62. The molecule has 25 heavy (non-hydrogen) atoms. The summed E-state index contributed by atoms with van der Waals surface area (Å²) in [6.45, 7) is 3.54. The van der Waals surface area contributed by atoms with Gasteiger partial charge in [0.05, 0.1) is 5.57 Å². The number of carbonyl (C=O) groups is 1. The molecule has 1 aromatic carbocycles. The van der Waals surface area contributed by atoms with Gasteiger partial charge in [-0.05, 0) is 43.9 Å². The monoisotopic (exact) mass is 357 g/mol. The Morgan fingerprint density at radius 2 is 2.08 bits per heavy atom. The van der Waals surface area contributed by atoms with E-state index in [0.29, 0.717) is 16.5 Å². The summed E-state index contributed by atoms with van der Waals surface area (Å²) in [5.74, 6) is 0.702. The van der Waals surface area contributed by atoms with Gasteiger partial charge >= 0.3 is 0 Å². The molecule has 3 heterocycles. The maximum absolute atomic E-state index is 13.3.